The quantitative estimate of drug-likeness (QED) is 0.0391. The topological polar surface area (TPSA) is 402 Å². The number of primary amides is 1. The van der Waals surface area contributed by atoms with Gasteiger partial charge in [-0.2, -0.15) is 4.98 Å². The van der Waals surface area contributed by atoms with Gasteiger partial charge in [-0.05, 0) is 30.7 Å². The minimum absolute atomic E-state index is 0.0200. The predicted octanol–water partition coefficient (Wildman–Crippen LogP) is -3.66. The number of fused-ring (bicyclic) bond motifs is 1. The molecule has 0 fully saturated rings. The Morgan fingerprint density at radius 3 is 1.75 bits per heavy atom. The first-order chi connectivity index (χ1) is 28.5. The number of nitrogen functional groups attached to an aromatic ring is 1. The van der Waals surface area contributed by atoms with Crippen molar-refractivity contribution in [2.75, 3.05) is 37.2 Å². The molecule has 1 aromatic carbocycles. The number of aromatic nitrogens is 4. The number of rotatable bonds is 25. The fraction of sp³-hybridized carbons (Fsp3) is 0.400. The van der Waals surface area contributed by atoms with Gasteiger partial charge >= 0.3 is 11.9 Å². The molecule has 3 rings (SSSR count). The van der Waals surface area contributed by atoms with Crippen LogP contribution < -0.4 is 54.2 Å². The second-order valence-electron chi connectivity index (χ2n) is 12.8. The molecule has 7 amide bonds. The Balaban J connectivity index is 1.26. The summed E-state index contributed by atoms with van der Waals surface area (Å²) in [5.41, 5.74) is 11.3. The number of nitrogens with zero attached hydrogens (tertiary/aromatic N) is 3. The molecule has 0 saturated heterocycles. The molecular weight excluding hydrogens is 794 g/mol. The molecule has 2 aromatic heterocycles. The molecule has 0 unspecified atom stereocenters. The van der Waals surface area contributed by atoms with Crippen LogP contribution >= 0.6 is 0 Å². The fourth-order valence-corrected chi connectivity index (χ4v) is 5.04. The average Bonchev–Trinajstić information content (AvgIpc) is 3.18. The van der Waals surface area contributed by atoms with Gasteiger partial charge in [0, 0.05) is 69.5 Å². The number of aromatic amines is 1. The minimum Gasteiger partial charge on any atom is -0.481 e. The number of hydrogen-bond acceptors (Lipinski definition) is 15. The first-order valence-electron chi connectivity index (χ1n) is 18.3. The van der Waals surface area contributed by atoms with E-state index >= 15 is 0 Å². The second-order valence-corrected chi connectivity index (χ2v) is 12.8. The molecule has 0 aliphatic rings. The molecule has 25 heteroatoms. The van der Waals surface area contributed by atoms with E-state index in [1.165, 1.54) is 18.3 Å². The first kappa shape index (κ1) is 46.7. The molecule has 0 aliphatic carbocycles. The maximum Gasteiger partial charge on any atom is 0.326 e. The van der Waals surface area contributed by atoms with E-state index in [2.05, 4.69) is 57.2 Å². The molecule has 322 valence electrons. The summed E-state index contributed by atoms with van der Waals surface area (Å²) in [6, 6.07) is 3.30. The van der Waals surface area contributed by atoms with Crippen molar-refractivity contribution >= 4 is 76.1 Å². The lowest BCUT2D eigenvalue weighted by Crippen LogP contribution is -2.46. The van der Waals surface area contributed by atoms with Crippen molar-refractivity contribution in [3.8, 4) is 0 Å². The number of hydrogen-bond donors (Lipinski definition) is 12. The number of carbonyl (C=O) groups excluding carboxylic acids is 7. The summed E-state index contributed by atoms with van der Waals surface area (Å²) in [6.45, 7) is -0.0910. The number of carboxylic acid groups (broad SMARTS) is 2. The number of amides is 7. The van der Waals surface area contributed by atoms with Crippen LogP contribution in [0.1, 0.15) is 61.0 Å². The van der Waals surface area contributed by atoms with Crippen molar-refractivity contribution in [2.24, 2.45) is 5.73 Å². The SMILES string of the molecule is NC(=O)[C@H](CC(=O)O)NC(=O)CCNC(=O)CCNC(=O)CCNC(=O)CCNC(=O)CC[C@H](NC(=O)c1ccc(NCc2cnc3nc(N)[nH]c(=O)c3n2)cc1)C(=O)O. The highest BCUT2D eigenvalue weighted by molar-refractivity contribution is 5.97. The highest BCUT2D eigenvalue weighted by Gasteiger charge is 2.23. The molecule has 0 saturated carbocycles. The third-order valence-electron chi connectivity index (χ3n) is 8.12. The van der Waals surface area contributed by atoms with Crippen molar-refractivity contribution < 1.29 is 53.4 Å². The number of carboxylic acids is 2. The smallest absolute Gasteiger partial charge is 0.326 e. The molecule has 3 aromatic rings. The number of nitrogens with two attached hydrogens (primary N) is 2. The molecule has 2 heterocycles. The van der Waals surface area contributed by atoms with E-state index < -0.39 is 77.4 Å². The number of benzene rings is 1. The standard InChI is InChI=1S/C35H45N13O12/c36-30(56)22(15-28(54)55)45-27(53)10-14-41-26(52)9-13-40-25(51)8-12-39-24(50)7-11-38-23(49)6-5-21(34(59)60)46-32(57)18-1-3-19(4-2-18)42-16-20-17-43-31-29(44-20)33(58)48-35(37)47-31/h1-4,17,21-22,42H,5-16H2,(H2,36,56)(H,38,49)(H,39,50)(H,40,51)(H,41,52)(H,45,53)(H,46,57)(H,54,55)(H,59,60)(H3,37,43,47,48,58)/t21-,22-/m0/s1. The number of H-pyrrole nitrogens is 1. The Morgan fingerprint density at radius 2 is 1.23 bits per heavy atom. The highest BCUT2D eigenvalue weighted by atomic mass is 16.4. The summed E-state index contributed by atoms with van der Waals surface area (Å²) in [5, 5.41) is 35.9. The van der Waals surface area contributed by atoms with Gasteiger partial charge in [-0.3, -0.25) is 48.1 Å². The van der Waals surface area contributed by atoms with Gasteiger partial charge in [0.2, 0.25) is 41.4 Å². The number of anilines is 2. The molecule has 14 N–H and O–H groups in total. The second kappa shape index (κ2) is 23.5. The van der Waals surface area contributed by atoms with Gasteiger partial charge < -0.3 is 58.9 Å². The van der Waals surface area contributed by atoms with Crippen molar-refractivity contribution in [1.82, 2.24) is 51.8 Å². The number of carbonyl (C=O) groups is 9. The van der Waals surface area contributed by atoms with Crippen LogP contribution in [-0.2, 0) is 44.9 Å². The van der Waals surface area contributed by atoms with Gasteiger partial charge in [0.05, 0.1) is 24.9 Å². The summed E-state index contributed by atoms with van der Waals surface area (Å²) < 4.78 is 0. The van der Waals surface area contributed by atoms with Crippen LogP contribution in [0.25, 0.3) is 11.2 Å². The summed E-state index contributed by atoms with van der Waals surface area (Å²) in [5.74, 6) is -7.16. The predicted molar refractivity (Wildman–Crippen MR) is 208 cm³/mol. The van der Waals surface area contributed by atoms with Crippen LogP contribution in [-0.4, -0.2) is 122 Å². The van der Waals surface area contributed by atoms with Gasteiger partial charge in [0.1, 0.15) is 12.1 Å². The lowest BCUT2D eigenvalue weighted by atomic mass is 10.1. The van der Waals surface area contributed by atoms with E-state index in [1.54, 1.807) is 12.1 Å². The van der Waals surface area contributed by atoms with Crippen LogP contribution in [0.5, 0.6) is 0 Å². The van der Waals surface area contributed by atoms with E-state index in [1.807, 2.05) is 0 Å². The molecule has 0 radical (unpaired) electrons. The maximum atomic E-state index is 12.8. The Kier molecular flexibility index (Phi) is 18.3. The van der Waals surface area contributed by atoms with Crippen LogP contribution in [0, 0.1) is 0 Å². The Hall–Kier alpha value is -7.73. The Bertz CT molecular complexity index is 2130. The van der Waals surface area contributed by atoms with Crippen LogP contribution in [0.3, 0.4) is 0 Å². The van der Waals surface area contributed by atoms with E-state index in [4.69, 9.17) is 16.6 Å². The lowest BCUT2D eigenvalue weighted by Gasteiger charge is -2.15. The Morgan fingerprint density at radius 1 is 0.700 bits per heavy atom. The minimum atomic E-state index is -1.39. The summed E-state index contributed by atoms with van der Waals surface area (Å²) >= 11 is 0. The largest absolute Gasteiger partial charge is 0.481 e. The molecule has 0 aliphatic heterocycles. The lowest BCUT2D eigenvalue weighted by molar-refractivity contribution is -0.140. The molecule has 0 bridgehead atoms. The van der Waals surface area contributed by atoms with Crippen molar-refractivity contribution in [3.05, 3.63) is 52.1 Å². The molecule has 0 spiro atoms. The zero-order chi connectivity index (χ0) is 44.2. The summed E-state index contributed by atoms with van der Waals surface area (Å²) in [6.07, 6.45) is -0.383. The van der Waals surface area contributed by atoms with E-state index in [0.29, 0.717) is 11.4 Å². The molecule has 2 atom stereocenters. The fourth-order valence-electron chi connectivity index (χ4n) is 5.04. The summed E-state index contributed by atoms with van der Waals surface area (Å²) in [4.78, 5) is 133. The summed E-state index contributed by atoms with van der Waals surface area (Å²) in [7, 11) is 0. The van der Waals surface area contributed by atoms with Crippen LogP contribution in [0.2, 0.25) is 0 Å². The normalized spacial score (nSPS) is 11.6. The van der Waals surface area contributed by atoms with Gasteiger partial charge in [-0.1, -0.05) is 0 Å². The van der Waals surface area contributed by atoms with E-state index in [0.717, 1.165) is 0 Å². The third-order valence-corrected chi connectivity index (χ3v) is 8.12. The third kappa shape index (κ3) is 16.8. The molecule has 60 heavy (non-hydrogen) atoms. The zero-order valence-corrected chi connectivity index (χ0v) is 32.0. The van der Waals surface area contributed by atoms with Gasteiger partial charge in [0.15, 0.2) is 11.2 Å². The van der Waals surface area contributed by atoms with E-state index in [9.17, 15) is 53.1 Å². The monoisotopic (exact) mass is 839 g/mol. The Labute approximate surface area is 339 Å². The van der Waals surface area contributed by atoms with Crippen molar-refractivity contribution in [3.63, 3.8) is 0 Å². The van der Waals surface area contributed by atoms with Gasteiger partial charge in [0.25, 0.3) is 11.5 Å². The van der Waals surface area contributed by atoms with Gasteiger partial charge in [-0.15, -0.1) is 0 Å². The zero-order valence-electron chi connectivity index (χ0n) is 32.0. The first-order valence-corrected chi connectivity index (χ1v) is 18.3. The number of aliphatic carboxylic acids is 2. The maximum absolute atomic E-state index is 12.8. The van der Waals surface area contributed by atoms with Crippen LogP contribution in [0.15, 0.2) is 35.3 Å². The van der Waals surface area contributed by atoms with Crippen molar-refractivity contribution in [2.45, 2.75) is 63.6 Å². The number of nitrogens with one attached hydrogen (secondary N) is 8. The highest BCUT2D eigenvalue weighted by Crippen LogP contribution is 2.12. The average molecular weight is 840 g/mol. The molecule has 25 nitrogen and oxygen atoms in total. The van der Waals surface area contributed by atoms with E-state index in [-0.39, 0.29) is 93.9 Å². The van der Waals surface area contributed by atoms with Crippen molar-refractivity contribution in [1.29, 1.82) is 0 Å². The molecular formula is C35H45N13O12. The van der Waals surface area contributed by atoms with Gasteiger partial charge in [-0.25, -0.2) is 14.8 Å². The van der Waals surface area contributed by atoms with Crippen LogP contribution in [0.4, 0.5) is 11.6 Å².